The molecule has 2 rings (SSSR count). The maximum Gasteiger partial charge on any atom is 0.135 e. The Labute approximate surface area is 129 Å². The summed E-state index contributed by atoms with van der Waals surface area (Å²) in [6.07, 6.45) is 0.593. The lowest BCUT2D eigenvalue weighted by Gasteiger charge is -2.11. The van der Waals surface area contributed by atoms with E-state index in [1.54, 1.807) is 6.07 Å². The van der Waals surface area contributed by atoms with Gasteiger partial charge in [0.2, 0.25) is 0 Å². The van der Waals surface area contributed by atoms with Crippen LogP contribution in [-0.4, -0.2) is 16.5 Å². The van der Waals surface area contributed by atoms with E-state index in [9.17, 15) is 0 Å². The molecule has 1 heterocycles. The summed E-state index contributed by atoms with van der Waals surface area (Å²) in [6.45, 7) is 6.89. The minimum atomic E-state index is 0.593. The average Bonchev–Trinajstić information content (AvgIpc) is 2.39. The Balaban J connectivity index is 2.33. The summed E-state index contributed by atoms with van der Waals surface area (Å²) >= 11 is 12.1. The largest absolute Gasteiger partial charge is 0.370 e. The minimum Gasteiger partial charge on any atom is -0.370 e. The van der Waals surface area contributed by atoms with Crippen LogP contribution in [0.2, 0.25) is 10.0 Å². The number of nitrogens with zero attached hydrogens (tertiary/aromatic N) is 2. The minimum absolute atomic E-state index is 0.593. The van der Waals surface area contributed by atoms with Crippen molar-refractivity contribution in [1.29, 1.82) is 0 Å². The van der Waals surface area contributed by atoms with E-state index in [4.69, 9.17) is 23.2 Å². The van der Waals surface area contributed by atoms with Gasteiger partial charge in [0.1, 0.15) is 11.6 Å². The summed E-state index contributed by atoms with van der Waals surface area (Å²) in [5, 5.41) is 4.54. The number of hydrogen-bond acceptors (Lipinski definition) is 3. The van der Waals surface area contributed by atoms with Gasteiger partial charge >= 0.3 is 0 Å². The van der Waals surface area contributed by atoms with Crippen molar-refractivity contribution in [2.75, 3.05) is 11.9 Å². The molecule has 3 nitrogen and oxygen atoms in total. The zero-order valence-corrected chi connectivity index (χ0v) is 13.3. The topological polar surface area (TPSA) is 37.8 Å². The highest BCUT2D eigenvalue weighted by Crippen LogP contribution is 2.23. The van der Waals surface area contributed by atoms with Gasteiger partial charge in [-0.1, -0.05) is 29.3 Å². The van der Waals surface area contributed by atoms with Crippen LogP contribution in [0.3, 0.4) is 0 Å². The molecule has 5 heteroatoms. The zero-order valence-electron chi connectivity index (χ0n) is 11.8. The van der Waals surface area contributed by atoms with E-state index in [2.05, 4.69) is 15.3 Å². The van der Waals surface area contributed by atoms with E-state index >= 15 is 0 Å². The Morgan fingerprint density at radius 2 is 1.90 bits per heavy atom. The van der Waals surface area contributed by atoms with Crippen LogP contribution in [0.4, 0.5) is 5.82 Å². The second-order valence-corrected chi connectivity index (χ2v) is 5.49. The number of anilines is 1. The van der Waals surface area contributed by atoms with Gasteiger partial charge < -0.3 is 5.32 Å². The first kappa shape index (κ1) is 15.1. The molecule has 0 fully saturated rings. The zero-order chi connectivity index (χ0) is 14.7. The fraction of sp³-hybridized carbons (Fsp3) is 0.333. The fourth-order valence-corrected chi connectivity index (χ4v) is 2.42. The molecule has 0 bridgehead atoms. The number of aryl methyl sites for hydroxylation is 1. The van der Waals surface area contributed by atoms with Gasteiger partial charge in [-0.15, -0.1) is 0 Å². The molecule has 0 amide bonds. The lowest BCUT2D eigenvalue weighted by atomic mass is 10.1. The van der Waals surface area contributed by atoms with Crippen molar-refractivity contribution in [2.45, 2.75) is 27.2 Å². The highest BCUT2D eigenvalue weighted by atomic mass is 35.5. The first-order chi connectivity index (χ1) is 9.51. The van der Waals surface area contributed by atoms with Crippen molar-refractivity contribution in [3.05, 3.63) is 50.9 Å². The first-order valence-corrected chi connectivity index (χ1v) is 7.28. The lowest BCUT2D eigenvalue weighted by Crippen LogP contribution is -2.08. The number of rotatable bonds is 4. The van der Waals surface area contributed by atoms with E-state index in [1.807, 2.05) is 32.9 Å². The van der Waals surface area contributed by atoms with Crippen molar-refractivity contribution < 1.29 is 0 Å². The van der Waals surface area contributed by atoms with Crippen LogP contribution in [-0.2, 0) is 6.42 Å². The van der Waals surface area contributed by atoms with Crippen molar-refractivity contribution in [1.82, 2.24) is 9.97 Å². The molecule has 0 aliphatic rings. The molecule has 0 radical (unpaired) electrons. The molecule has 1 aromatic heterocycles. The van der Waals surface area contributed by atoms with Crippen LogP contribution in [0.15, 0.2) is 18.2 Å². The summed E-state index contributed by atoms with van der Waals surface area (Å²) in [6, 6.07) is 5.48. The van der Waals surface area contributed by atoms with Crippen LogP contribution < -0.4 is 5.32 Å². The summed E-state index contributed by atoms with van der Waals surface area (Å²) < 4.78 is 0. The molecule has 1 aromatic carbocycles. The Hall–Kier alpha value is -1.32. The third kappa shape index (κ3) is 3.41. The number of aromatic nitrogens is 2. The second kappa shape index (κ2) is 6.42. The predicted octanol–water partition coefficient (Wildman–Crippen LogP) is 4.42. The van der Waals surface area contributed by atoms with E-state index in [0.717, 1.165) is 35.0 Å². The highest BCUT2D eigenvalue weighted by molar-refractivity contribution is 6.35. The van der Waals surface area contributed by atoms with E-state index in [0.29, 0.717) is 16.5 Å². The van der Waals surface area contributed by atoms with Crippen LogP contribution in [0.25, 0.3) is 0 Å². The summed E-state index contributed by atoms with van der Waals surface area (Å²) in [5.41, 5.74) is 3.04. The first-order valence-electron chi connectivity index (χ1n) is 6.53. The molecule has 0 saturated carbocycles. The molecule has 0 saturated heterocycles. The van der Waals surface area contributed by atoms with Gasteiger partial charge in [0.05, 0.1) is 0 Å². The molecule has 0 aliphatic carbocycles. The molecular formula is C15H17Cl2N3. The highest BCUT2D eigenvalue weighted by Gasteiger charge is 2.10. The molecule has 0 unspecified atom stereocenters. The van der Waals surface area contributed by atoms with Gasteiger partial charge in [0, 0.05) is 34.3 Å². The Kier molecular flexibility index (Phi) is 4.84. The molecule has 2 aromatic rings. The van der Waals surface area contributed by atoms with Crippen molar-refractivity contribution >= 4 is 29.0 Å². The summed E-state index contributed by atoms with van der Waals surface area (Å²) in [5.74, 6) is 1.65. The van der Waals surface area contributed by atoms with Gasteiger partial charge in [0.15, 0.2) is 0 Å². The second-order valence-electron chi connectivity index (χ2n) is 4.64. The molecular weight excluding hydrogens is 293 g/mol. The van der Waals surface area contributed by atoms with E-state index < -0.39 is 0 Å². The van der Waals surface area contributed by atoms with Crippen molar-refractivity contribution in [3.63, 3.8) is 0 Å². The van der Waals surface area contributed by atoms with Crippen LogP contribution >= 0.6 is 23.2 Å². The van der Waals surface area contributed by atoms with Gasteiger partial charge in [-0.2, -0.15) is 0 Å². The van der Waals surface area contributed by atoms with Crippen molar-refractivity contribution in [2.24, 2.45) is 0 Å². The lowest BCUT2D eigenvalue weighted by molar-refractivity contribution is 0.923. The summed E-state index contributed by atoms with van der Waals surface area (Å²) in [4.78, 5) is 9.10. The fourth-order valence-electron chi connectivity index (χ4n) is 1.94. The van der Waals surface area contributed by atoms with Gasteiger partial charge in [-0.3, -0.25) is 0 Å². The Morgan fingerprint density at radius 3 is 2.55 bits per heavy atom. The standard InChI is InChI=1S/C15H17Cl2N3/c1-4-18-15-9(2)10(3)19-14(20-15)7-11-5-6-12(16)8-13(11)17/h5-6,8H,4,7H2,1-3H3,(H,18,19,20). The number of halogens is 2. The number of hydrogen-bond donors (Lipinski definition) is 1. The number of benzene rings is 1. The molecule has 106 valence electrons. The van der Waals surface area contributed by atoms with Crippen molar-refractivity contribution in [3.8, 4) is 0 Å². The maximum atomic E-state index is 6.20. The molecule has 0 aliphatic heterocycles. The molecule has 20 heavy (non-hydrogen) atoms. The Bertz CT molecular complexity index is 627. The monoisotopic (exact) mass is 309 g/mol. The summed E-state index contributed by atoms with van der Waals surface area (Å²) in [7, 11) is 0. The number of nitrogens with one attached hydrogen (secondary N) is 1. The Morgan fingerprint density at radius 1 is 1.15 bits per heavy atom. The molecule has 1 N–H and O–H groups in total. The third-order valence-corrected chi connectivity index (χ3v) is 3.73. The van der Waals surface area contributed by atoms with E-state index in [1.165, 1.54) is 0 Å². The average molecular weight is 310 g/mol. The smallest absolute Gasteiger partial charge is 0.135 e. The normalized spacial score (nSPS) is 10.7. The SMILES string of the molecule is CCNc1nc(Cc2ccc(Cl)cc2Cl)nc(C)c1C. The molecule has 0 atom stereocenters. The maximum absolute atomic E-state index is 6.20. The van der Waals surface area contributed by atoms with Gasteiger partial charge in [-0.25, -0.2) is 9.97 Å². The van der Waals surface area contributed by atoms with Crippen LogP contribution in [0.1, 0.15) is 29.6 Å². The van der Waals surface area contributed by atoms with Gasteiger partial charge in [-0.05, 0) is 38.5 Å². The van der Waals surface area contributed by atoms with E-state index in [-0.39, 0.29) is 0 Å². The quantitative estimate of drug-likeness (QED) is 0.908. The predicted molar refractivity (Wildman–Crippen MR) is 84.9 cm³/mol. The van der Waals surface area contributed by atoms with Crippen LogP contribution in [0.5, 0.6) is 0 Å². The third-order valence-electron chi connectivity index (χ3n) is 3.14. The molecule has 0 spiro atoms. The van der Waals surface area contributed by atoms with Gasteiger partial charge in [0.25, 0.3) is 0 Å². The van der Waals surface area contributed by atoms with Crippen LogP contribution in [0, 0.1) is 13.8 Å².